The molecule has 21 heavy (non-hydrogen) atoms. The minimum atomic E-state index is -0.301. The van der Waals surface area contributed by atoms with Crippen LogP contribution in [0.5, 0.6) is 5.75 Å². The predicted molar refractivity (Wildman–Crippen MR) is 75.3 cm³/mol. The van der Waals surface area contributed by atoms with Gasteiger partial charge < -0.3 is 24.0 Å². The normalized spacial score (nSPS) is 15.0. The summed E-state index contributed by atoms with van der Waals surface area (Å²) < 4.78 is 12.0. The predicted octanol–water partition coefficient (Wildman–Crippen LogP) is -0.532. The minimum absolute atomic E-state index is 0.00455. The van der Waals surface area contributed by atoms with E-state index in [1.165, 1.54) is 4.57 Å². The number of ether oxygens (including phenoxy) is 2. The van der Waals surface area contributed by atoms with Gasteiger partial charge in [0.15, 0.2) is 5.75 Å². The van der Waals surface area contributed by atoms with Gasteiger partial charge in [-0.25, -0.2) is 0 Å². The lowest BCUT2D eigenvalue weighted by molar-refractivity contribution is -0.135. The lowest BCUT2D eigenvalue weighted by atomic mass is 10.3. The molecule has 2 rings (SSSR count). The number of rotatable bonds is 6. The van der Waals surface area contributed by atoms with E-state index < -0.39 is 0 Å². The molecule has 1 N–H and O–H groups in total. The number of nitrogens with zero attached hydrogens (tertiary/aromatic N) is 2. The van der Waals surface area contributed by atoms with E-state index >= 15 is 0 Å². The van der Waals surface area contributed by atoms with Crippen molar-refractivity contribution in [1.29, 1.82) is 0 Å². The number of morpholine rings is 1. The van der Waals surface area contributed by atoms with Gasteiger partial charge in [0.2, 0.25) is 5.91 Å². The Bertz CT molecular complexity index is 522. The summed E-state index contributed by atoms with van der Waals surface area (Å²) in [6.45, 7) is 2.62. The number of aliphatic hydroxyl groups is 1. The van der Waals surface area contributed by atoms with Gasteiger partial charge in [-0.05, 0) is 12.1 Å². The van der Waals surface area contributed by atoms with E-state index in [9.17, 15) is 9.59 Å². The van der Waals surface area contributed by atoms with Crippen LogP contribution in [0.2, 0.25) is 0 Å². The van der Waals surface area contributed by atoms with Crippen molar-refractivity contribution in [2.45, 2.75) is 13.0 Å². The fourth-order valence-electron chi connectivity index (χ4n) is 2.13. The Labute approximate surface area is 122 Å². The SMILES string of the molecule is O=C(CCOc1cccn(CCO)c1=O)N1CCOCC1. The minimum Gasteiger partial charge on any atom is -0.487 e. The van der Waals surface area contributed by atoms with Crippen molar-refractivity contribution in [3.05, 3.63) is 28.7 Å². The monoisotopic (exact) mass is 296 g/mol. The number of amides is 1. The van der Waals surface area contributed by atoms with Gasteiger partial charge in [-0.1, -0.05) is 0 Å². The maximum Gasteiger partial charge on any atom is 0.292 e. The van der Waals surface area contributed by atoms with Crippen molar-refractivity contribution in [2.75, 3.05) is 39.5 Å². The van der Waals surface area contributed by atoms with Crippen LogP contribution in [-0.2, 0) is 16.1 Å². The molecule has 1 saturated heterocycles. The third kappa shape index (κ3) is 4.30. The molecule has 116 valence electrons. The third-order valence-corrected chi connectivity index (χ3v) is 3.26. The van der Waals surface area contributed by atoms with E-state index in [1.807, 2.05) is 0 Å². The van der Waals surface area contributed by atoms with Gasteiger partial charge in [-0.3, -0.25) is 9.59 Å². The van der Waals surface area contributed by atoms with Crippen molar-refractivity contribution >= 4 is 5.91 Å². The van der Waals surface area contributed by atoms with Crippen molar-refractivity contribution < 1.29 is 19.4 Å². The summed E-state index contributed by atoms with van der Waals surface area (Å²) in [6, 6.07) is 3.24. The van der Waals surface area contributed by atoms with Gasteiger partial charge in [-0.2, -0.15) is 0 Å². The summed E-state index contributed by atoms with van der Waals surface area (Å²) in [4.78, 5) is 25.6. The van der Waals surface area contributed by atoms with E-state index in [4.69, 9.17) is 14.6 Å². The van der Waals surface area contributed by atoms with Crippen LogP contribution >= 0.6 is 0 Å². The van der Waals surface area contributed by atoms with Gasteiger partial charge in [0, 0.05) is 25.8 Å². The maximum atomic E-state index is 12.0. The second kappa shape index (κ2) is 7.80. The van der Waals surface area contributed by atoms with Crippen LogP contribution in [0.3, 0.4) is 0 Å². The molecule has 0 unspecified atom stereocenters. The Kier molecular flexibility index (Phi) is 5.77. The van der Waals surface area contributed by atoms with Crippen LogP contribution in [0.25, 0.3) is 0 Å². The molecule has 0 saturated carbocycles. The average Bonchev–Trinajstić information content (AvgIpc) is 2.52. The summed E-state index contributed by atoms with van der Waals surface area (Å²) in [7, 11) is 0. The summed E-state index contributed by atoms with van der Waals surface area (Å²) in [5.41, 5.74) is -0.301. The zero-order chi connectivity index (χ0) is 15.1. The first-order valence-corrected chi connectivity index (χ1v) is 7.01. The number of carbonyl (C=O) groups excluding carboxylic acids is 1. The summed E-state index contributed by atoms with van der Waals surface area (Å²) in [5, 5.41) is 8.87. The lowest BCUT2D eigenvalue weighted by Crippen LogP contribution is -2.41. The first-order valence-electron chi connectivity index (χ1n) is 7.01. The van der Waals surface area contributed by atoms with Crippen LogP contribution < -0.4 is 10.3 Å². The van der Waals surface area contributed by atoms with Crippen LogP contribution in [0, 0.1) is 0 Å². The van der Waals surface area contributed by atoms with Crippen LogP contribution in [0.4, 0.5) is 0 Å². The lowest BCUT2D eigenvalue weighted by Gasteiger charge is -2.26. The Balaban J connectivity index is 1.84. The van der Waals surface area contributed by atoms with Crippen LogP contribution in [0.15, 0.2) is 23.1 Å². The van der Waals surface area contributed by atoms with Gasteiger partial charge >= 0.3 is 0 Å². The highest BCUT2D eigenvalue weighted by Crippen LogP contribution is 2.04. The highest BCUT2D eigenvalue weighted by molar-refractivity contribution is 5.76. The van der Waals surface area contributed by atoms with E-state index in [0.29, 0.717) is 26.3 Å². The summed E-state index contributed by atoms with van der Waals surface area (Å²) in [6.07, 6.45) is 1.82. The summed E-state index contributed by atoms with van der Waals surface area (Å²) in [5.74, 6) is 0.200. The standard InChI is InChI=1S/C14H20N2O5/c17-8-5-16-4-1-2-12(14(16)19)21-9-3-13(18)15-6-10-20-11-7-15/h1-2,4,17H,3,5-11H2. The molecule has 1 aliphatic rings. The second-order valence-corrected chi connectivity index (χ2v) is 4.69. The first kappa shape index (κ1) is 15.5. The van der Waals surface area contributed by atoms with Crippen molar-refractivity contribution in [3.63, 3.8) is 0 Å². The molecule has 2 heterocycles. The number of pyridine rings is 1. The molecule has 7 nitrogen and oxygen atoms in total. The van der Waals surface area contributed by atoms with E-state index in [2.05, 4.69) is 0 Å². The van der Waals surface area contributed by atoms with E-state index in [1.54, 1.807) is 23.2 Å². The maximum absolute atomic E-state index is 12.0. The molecule has 0 bridgehead atoms. The number of carbonyl (C=O) groups is 1. The third-order valence-electron chi connectivity index (χ3n) is 3.26. The highest BCUT2D eigenvalue weighted by atomic mass is 16.5. The molecule has 1 aromatic heterocycles. The van der Waals surface area contributed by atoms with Gasteiger partial charge in [-0.15, -0.1) is 0 Å². The second-order valence-electron chi connectivity index (χ2n) is 4.69. The van der Waals surface area contributed by atoms with Crippen LogP contribution in [-0.4, -0.2) is 60.0 Å². The van der Waals surface area contributed by atoms with E-state index in [0.717, 1.165) is 0 Å². The van der Waals surface area contributed by atoms with Crippen molar-refractivity contribution in [3.8, 4) is 5.75 Å². The van der Waals surface area contributed by atoms with Gasteiger partial charge in [0.1, 0.15) is 0 Å². The summed E-state index contributed by atoms with van der Waals surface area (Å²) >= 11 is 0. The number of aliphatic hydroxyl groups excluding tert-OH is 1. The molecule has 0 aromatic carbocycles. The van der Waals surface area contributed by atoms with Crippen molar-refractivity contribution in [2.24, 2.45) is 0 Å². The fourth-order valence-corrected chi connectivity index (χ4v) is 2.13. The number of hydrogen-bond donors (Lipinski definition) is 1. The zero-order valence-electron chi connectivity index (χ0n) is 11.9. The zero-order valence-corrected chi connectivity index (χ0v) is 11.9. The molecule has 1 aromatic rings. The molecule has 1 aliphatic heterocycles. The molecule has 0 spiro atoms. The number of hydrogen-bond acceptors (Lipinski definition) is 5. The number of aromatic nitrogens is 1. The molecule has 7 heteroatoms. The molecule has 0 aliphatic carbocycles. The average molecular weight is 296 g/mol. The Morgan fingerprint density at radius 1 is 1.38 bits per heavy atom. The highest BCUT2D eigenvalue weighted by Gasteiger charge is 2.16. The molecule has 1 fully saturated rings. The molecule has 0 atom stereocenters. The Morgan fingerprint density at radius 3 is 2.86 bits per heavy atom. The van der Waals surface area contributed by atoms with Crippen LogP contribution in [0.1, 0.15) is 6.42 Å². The smallest absolute Gasteiger partial charge is 0.292 e. The van der Waals surface area contributed by atoms with Crippen molar-refractivity contribution in [1.82, 2.24) is 9.47 Å². The Hall–Kier alpha value is -1.86. The topological polar surface area (TPSA) is 81.0 Å². The van der Waals surface area contributed by atoms with Gasteiger partial charge in [0.05, 0.1) is 32.8 Å². The molecule has 1 amide bonds. The first-order chi connectivity index (χ1) is 10.2. The molecular weight excluding hydrogens is 276 g/mol. The van der Waals surface area contributed by atoms with E-state index in [-0.39, 0.29) is 43.4 Å². The quantitative estimate of drug-likeness (QED) is 0.763. The fraction of sp³-hybridized carbons (Fsp3) is 0.571. The molecular formula is C14H20N2O5. The molecule has 0 radical (unpaired) electrons. The largest absolute Gasteiger partial charge is 0.487 e. The Morgan fingerprint density at radius 2 is 2.14 bits per heavy atom. The van der Waals surface area contributed by atoms with Gasteiger partial charge in [0.25, 0.3) is 5.56 Å².